The molecule has 2 N–H and O–H groups in total. The van der Waals surface area contributed by atoms with Crippen molar-refractivity contribution in [2.75, 3.05) is 5.32 Å². The largest absolute Gasteiger partial charge is 0.481 e. The first-order valence-electron chi connectivity index (χ1n) is 6.67. The van der Waals surface area contributed by atoms with E-state index in [2.05, 4.69) is 21.2 Å². The van der Waals surface area contributed by atoms with Gasteiger partial charge in [0.1, 0.15) is 0 Å². The van der Waals surface area contributed by atoms with E-state index < -0.39 is 17.8 Å². The summed E-state index contributed by atoms with van der Waals surface area (Å²) < 4.78 is 0.891. The molecule has 0 aliphatic heterocycles. The molecule has 5 heteroatoms. The molecule has 3 atom stereocenters. The Morgan fingerprint density at radius 3 is 2.50 bits per heavy atom. The van der Waals surface area contributed by atoms with Gasteiger partial charge in [-0.05, 0) is 49.4 Å². The van der Waals surface area contributed by atoms with E-state index in [1.54, 1.807) is 0 Å². The predicted octanol–water partition coefficient (Wildman–Crippen LogP) is 3.44. The maximum Gasteiger partial charge on any atom is 0.307 e. The van der Waals surface area contributed by atoms with Crippen molar-refractivity contribution < 1.29 is 14.7 Å². The molecule has 0 heterocycles. The maximum absolute atomic E-state index is 12.3. The van der Waals surface area contributed by atoms with Crippen molar-refractivity contribution >= 4 is 33.5 Å². The molecule has 1 aliphatic rings. The zero-order valence-corrected chi connectivity index (χ0v) is 13.1. The Morgan fingerprint density at radius 2 is 1.90 bits per heavy atom. The molecule has 3 unspecified atom stereocenters. The lowest BCUT2D eigenvalue weighted by atomic mass is 9.95. The van der Waals surface area contributed by atoms with E-state index >= 15 is 0 Å². The topological polar surface area (TPSA) is 66.4 Å². The average Bonchev–Trinajstić information content (AvgIpc) is 2.70. The molecule has 2 rings (SSSR count). The van der Waals surface area contributed by atoms with Crippen molar-refractivity contribution in [2.45, 2.75) is 26.7 Å². The number of anilines is 1. The molecular formula is C15H18BrNO3. The van der Waals surface area contributed by atoms with E-state index in [0.29, 0.717) is 18.5 Å². The average molecular weight is 340 g/mol. The summed E-state index contributed by atoms with van der Waals surface area (Å²) in [7, 11) is 0. The highest BCUT2D eigenvalue weighted by atomic mass is 79.9. The Balaban J connectivity index is 2.13. The van der Waals surface area contributed by atoms with Crippen LogP contribution in [-0.2, 0) is 9.59 Å². The van der Waals surface area contributed by atoms with Gasteiger partial charge in [0.05, 0.1) is 11.8 Å². The Hall–Kier alpha value is -1.36. The Bertz CT molecular complexity index is 524. The van der Waals surface area contributed by atoms with Crippen LogP contribution < -0.4 is 5.32 Å². The first kappa shape index (κ1) is 15.0. The third kappa shape index (κ3) is 3.39. The van der Waals surface area contributed by atoms with Gasteiger partial charge in [0.2, 0.25) is 5.91 Å². The summed E-state index contributed by atoms with van der Waals surface area (Å²) in [6, 6.07) is 5.64. The highest BCUT2D eigenvalue weighted by molar-refractivity contribution is 9.10. The number of hydrogen-bond acceptors (Lipinski definition) is 2. The van der Waals surface area contributed by atoms with Gasteiger partial charge in [-0.15, -0.1) is 0 Å². The number of carbonyl (C=O) groups is 2. The number of halogens is 1. The molecule has 108 valence electrons. The molecule has 4 nitrogen and oxygen atoms in total. The number of benzene rings is 1. The molecule has 1 amide bonds. The van der Waals surface area contributed by atoms with Crippen LogP contribution in [-0.4, -0.2) is 17.0 Å². The summed E-state index contributed by atoms with van der Waals surface area (Å²) in [4.78, 5) is 23.5. The third-order valence-electron chi connectivity index (χ3n) is 3.76. The van der Waals surface area contributed by atoms with Crippen LogP contribution in [0.25, 0.3) is 0 Å². The lowest BCUT2D eigenvalue weighted by Gasteiger charge is -2.16. The minimum Gasteiger partial charge on any atom is -0.481 e. The van der Waals surface area contributed by atoms with E-state index in [0.717, 1.165) is 10.0 Å². The second-order valence-corrected chi connectivity index (χ2v) is 6.55. The lowest BCUT2D eigenvalue weighted by Crippen LogP contribution is -2.30. The second kappa shape index (κ2) is 5.95. The molecule has 0 bridgehead atoms. The summed E-state index contributed by atoms with van der Waals surface area (Å²) in [6.45, 7) is 3.94. The summed E-state index contributed by atoms with van der Waals surface area (Å²) in [6.07, 6.45) is 1.21. The number of aryl methyl sites for hydroxylation is 1. The lowest BCUT2D eigenvalue weighted by molar-refractivity contribution is -0.145. The number of rotatable bonds is 3. The summed E-state index contributed by atoms with van der Waals surface area (Å²) in [5.41, 5.74) is 1.73. The highest BCUT2D eigenvalue weighted by Gasteiger charge is 2.41. The number of nitrogens with one attached hydrogen (secondary N) is 1. The predicted molar refractivity (Wildman–Crippen MR) is 80.5 cm³/mol. The van der Waals surface area contributed by atoms with Crippen molar-refractivity contribution in [3.8, 4) is 0 Å². The molecule has 1 aromatic carbocycles. The Kier molecular flexibility index (Phi) is 4.48. The summed E-state index contributed by atoms with van der Waals surface area (Å²) >= 11 is 3.39. The number of hydrogen-bond donors (Lipinski definition) is 2. The summed E-state index contributed by atoms with van der Waals surface area (Å²) in [5.74, 6) is -1.81. The van der Waals surface area contributed by atoms with Crippen molar-refractivity contribution in [1.29, 1.82) is 0 Å². The van der Waals surface area contributed by atoms with E-state index in [4.69, 9.17) is 0 Å². The fraction of sp³-hybridized carbons (Fsp3) is 0.467. The molecule has 20 heavy (non-hydrogen) atoms. The molecular weight excluding hydrogens is 322 g/mol. The van der Waals surface area contributed by atoms with Crippen LogP contribution in [0.5, 0.6) is 0 Å². The highest BCUT2D eigenvalue weighted by Crippen LogP contribution is 2.37. The zero-order valence-electron chi connectivity index (χ0n) is 11.5. The van der Waals surface area contributed by atoms with Gasteiger partial charge >= 0.3 is 5.97 Å². The van der Waals surface area contributed by atoms with Crippen LogP contribution in [0.1, 0.15) is 25.3 Å². The number of amides is 1. The number of carboxylic acids is 1. The van der Waals surface area contributed by atoms with Crippen LogP contribution in [0.4, 0.5) is 5.69 Å². The molecule has 0 radical (unpaired) electrons. The first-order valence-corrected chi connectivity index (χ1v) is 7.47. The molecule has 1 saturated carbocycles. The SMILES string of the molecule is Cc1cc(Br)cc(NC(=O)C2CC(C)CC2C(=O)O)c1. The molecule has 0 saturated heterocycles. The quantitative estimate of drug-likeness (QED) is 0.886. The summed E-state index contributed by atoms with van der Waals surface area (Å²) in [5, 5.41) is 12.1. The van der Waals surface area contributed by atoms with Gasteiger partial charge in [0, 0.05) is 10.2 Å². The fourth-order valence-corrected chi connectivity index (χ4v) is 3.51. The van der Waals surface area contributed by atoms with Crippen molar-refractivity contribution in [2.24, 2.45) is 17.8 Å². The number of aliphatic carboxylic acids is 1. The van der Waals surface area contributed by atoms with Crippen molar-refractivity contribution in [1.82, 2.24) is 0 Å². The fourth-order valence-electron chi connectivity index (χ4n) is 2.90. The second-order valence-electron chi connectivity index (χ2n) is 5.63. The Morgan fingerprint density at radius 1 is 1.25 bits per heavy atom. The van der Waals surface area contributed by atoms with Gasteiger partial charge in [0.15, 0.2) is 0 Å². The first-order chi connectivity index (χ1) is 9.36. The minimum absolute atomic E-state index is 0.195. The minimum atomic E-state index is -0.875. The zero-order chi connectivity index (χ0) is 14.9. The van der Waals surface area contributed by atoms with E-state index in [1.165, 1.54) is 0 Å². The van der Waals surface area contributed by atoms with Gasteiger partial charge in [-0.3, -0.25) is 9.59 Å². The number of carbonyl (C=O) groups excluding carboxylic acids is 1. The van der Waals surface area contributed by atoms with Crippen molar-refractivity contribution in [3.63, 3.8) is 0 Å². The van der Waals surface area contributed by atoms with Gasteiger partial charge in [-0.25, -0.2) is 0 Å². The standard InChI is InChI=1S/C15H18BrNO3/c1-8-3-10(16)7-11(4-8)17-14(18)12-5-9(2)6-13(12)15(19)20/h3-4,7,9,12-13H,5-6H2,1-2H3,(H,17,18)(H,19,20). The van der Waals surface area contributed by atoms with E-state index in [-0.39, 0.29) is 11.8 Å². The van der Waals surface area contributed by atoms with Crippen LogP contribution >= 0.6 is 15.9 Å². The normalized spacial score (nSPS) is 25.4. The van der Waals surface area contributed by atoms with Crippen LogP contribution in [0.2, 0.25) is 0 Å². The molecule has 0 aromatic heterocycles. The molecule has 1 fully saturated rings. The Labute approximate surface area is 126 Å². The maximum atomic E-state index is 12.3. The van der Waals surface area contributed by atoms with Crippen LogP contribution in [0.3, 0.4) is 0 Å². The van der Waals surface area contributed by atoms with Crippen molar-refractivity contribution in [3.05, 3.63) is 28.2 Å². The smallest absolute Gasteiger partial charge is 0.307 e. The van der Waals surface area contributed by atoms with Gasteiger partial charge in [-0.1, -0.05) is 22.9 Å². The van der Waals surface area contributed by atoms with Gasteiger partial charge in [-0.2, -0.15) is 0 Å². The van der Waals surface area contributed by atoms with Gasteiger partial charge < -0.3 is 10.4 Å². The number of carboxylic acid groups (broad SMARTS) is 1. The molecule has 1 aromatic rings. The van der Waals surface area contributed by atoms with E-state index in [1.807, 2.05) is 32.0 Å². The third-order valence-corrected chi connectivity index (χ3v) is 4.22. The van der Waals surface area contributed by atoms with Crippen LogP contribution in [0, 0.1) is 24.7 Å². The van der Waals surface area contributed by atoms with Gasteiger partial charge in [0.25, 0.3) is 0 Å². The molecule has 1 aliphatic carbocycles. The van der Waals surface area contributed by atoms with E-state index in [9.17, 15) is 14.7 Å². The molecule has 0 spiro atoms. The van der Waals surface area contributed by atoms with Crippen LogP contribution in [0.15, 0.2) is 22.7 Å². The monoisotopic (exact) mass is 339 g/mol.